The van der Waals surface area contributed by atoms with E-state index in [0.29, 0.717) is 29.9 Å². The van der Waals surface area contributed by atoms with Crippen LogP contribution in [-0.4, -0.2) is 39.8 Å². The lowest BCUT2D eigenvalue weighted by Gasteiger charge is -2.25. The third-order valence-corrected chi connectivity index (χ3v) is 5.84. The Morgan fingerprint density at radius 1 is 1.03 bits per heavy atom. The van der Waals surface area contributed by atoms with Gasteiger partial charge >= 0.3 is 0 Å². The van der Waals surface area contributed by atoms with E-state index >= 15 is 0 Å². The number of rotatable bonds is 8. The molecule has 35 heavy (non-hydrogen) atoms. The number of aliphatic hydroxyl groups excluding tert-OH is 1. The highest BCUT2D eigenvalue weighted by atomic mass is 16.6. The number of Topliss-reactive ketones (excluding diaryl/α,β-unsaturated/α-hetero) is 1. The fourth-order valence-electron chi connectivity index (χ4n) is 4.22. The van der Waals surface area contributed by atoms with Gasteiger partial charge in [-0.3, -0.25) is 19.7 Å². The van der Waals surface area contributed by atoms with E-state index in [4.69, 9.17) is 4.74 Å². The fourth-order valence-corrected chi connectivity index (χ4v) is 4.22. The minimum atomic E-state index is -0.977. The fraction of sp³-hybridized carbons (Fsp3) is 0.185. The molecular weight excluding hydrogens is 448 g/mol. The highest BCUT2D eigenvalue weighted by Gasteiger charge is 2.46. The van der Waals surface area contributed by atoms with Gasteiger partial charge in [0.1, 0.15) is 11.5 Å². The lowest BCUT2D eigenvalue weighted by atomic mass is 9.94. The van der Waals surface area contributed by atoms with Crippen LogP contribution < -0.4 is 4.74 Å². The quantitative estimate of drug-likeness (QED) is 0.168. The number of amides is 1. The summed E-state index contributed by atoms with van der Waals surface area (Å²) >= 11 is 0. The van der Waals surface area contributed by atoms with E-state index < -0.39 is 22.7 Å². The predicted molar refractivity (Wildman–Crippen MR) is 130 cm³/mol. The molecule has 3 aromatic carbocycles. The second-order valence-electron chi connectivity index (χ2n) is 8.04. The summed E-state index contributed by atoms with van der Waals surface area (Å²) in [7, 11) is 0. The normalized spacial score (nSPS) is 16.9. The molecule has 0 saturated carbocycles. The Labute approximate surface area is 202 Å². The summed E-state index contributed by atoms with van der Waals surface area (Å²) in [6.07, 6.45) is 0.471. The van der Waals surface area contributed by atoms with E-state index in [1.807, 2.05) is 37.3 Å². The molecule has 3 aromatic rings. The van der Waals surface area contributed by atoms with Crippen LogP contribution in [0, 0.1) is 10.1 Å². The molecule has 8 heteroatoms. The van der Waals surface area contributed by atoms with Gasteiger partial charge < -0.3 is 14.7 Å². The second-order valence-corrected chi connectivity index (χ2v) is 8.04. The number of nitro groups is 1. The molecule has 4 rings (SSSR count). The van der Waals surface area contributed by atoms with Crippen LogP contribution in [0.2, 0.25) is 0 Å². The van der Waals surface area contributed by atoms with Crippen LogP contribution in [0.3, 0.4) is 0 Å². The predicted octanol–water partition coefficient (Wildman–Crippen LogP) is 4.66. The summed E-state index contributed by atoms with van der Waals surface area (Å²) in [5, 5.41) is 22.6. The molecule has 0 radical (unpaired) electrons. The first kappa shape index (κ1) is 23.7. The topological polar surface area (TPSA) is 110 Å². The summed E-state index contributed by atoms with van der Waals surface area (Å²) in [5.41, 5.74) is 1.37. The minimum absolute atomic E-state index is 0.114. The molecule has 0 aliphatic carbocycles. The number of ketones is 1. The van der Waals surface area contributed by atoms with Crippen molar-refractivity contribution in [3.05, 3.63) is 111 Å². The number of likely N-dealkylation sites (tertiary alicyclic amines) is 1. The maximum Gasteiger partial charge on any atom is 0.295 e. The van der Waals surface area contributed by atoms with Crippen LogP contribution in [-0.2, 0) is 16.0 Å². The van der Waals surface area contributed by atoms with Gasteiger partial charge in [-0.25, -0.2) is 0 Å². The summed E-state index contributed by atoms with van der Waals surface area (Å²) < 4.78 is 5.50. The van der Waals surface area contributed by atoms with E-state index in [9.17, 15) is 24.8 Å². The average Bonchev–Trinajstić information content (AvgIpc) is 3.13. The maximum atomic E-state index is 13.2. The van der Waals surface area contributed by atoms with Crippen molar-refractivity contribution in [2.45, 2.75) is 19.4 Å². The van der Waals surface area contributed by atoms with Crippen molar-refractivity contribution in [1.29, 1.82) is 0 Å². The van der Waals surface area contributed by atoms with Crippen molar-refractivity contribution in [1.82, 2.24) is 4.90 Å². The Bertz CT molecular complexity index is 1300. The number of carbonyl (C=O) groups is 2. The zero-order chi connectivity index (χ0) is 24.9. The Morgan fingerprint density at radius 2 is 1.77 bits per heavy atom. The van der Waals surface area contributed by atoms with Crippen LogP contribution in [0.15, 0.2) is 84.4 Å². The van der Waals surface area contributed by atoms with E-state index in [1.165, 1.54) is 23.1 Å². The Morgan fingerprint density at radius 3 is 2.49 bits per heavy atom. The summed E-state index contributed by atoms with van der Waals surface area (Å²) in [6.45, 7) is 2.44. The Kier molecular flexibility index (Phi) is 6.91. The minimum Gasteiger partial charge on any atom is -0.507 e. The maximum absolute atomic E-state index is 13.2. The first-order valence-electron chi connectivity index (χ1n) is 11.2. The monoisotopic (exact) mass is 472 g/mol. The summed E-state index contributed by atoms with van der Waals surface area (Å²) in [5.74, 6) is -1.46. The molecule has 0 spiro atoms. The van der Waals surface area contributed by atoms with Crippen LogP contribution in [0.5, 0.6) is 5.75 Å². The molecule has 1 fully saturated rings. The number of hydrogen-bond acceptors (Lipinski definition) is 6. The van der Waals surface area contributed by atoms with E-state index in [1.54, 1.807) is 30.3 Å². The number of carbonyl (C=O) groups excluding carboxylic acids is 2. The lowest BCUT2D eigenvalue weighted by molar-refractivity contribution is -0.384. The Balaban J connectivity index is 1.82. The summed E-state index contributed by atoms with van der Waals surface area (Å²) in [6, 6.07) is 20.9. The number of nitrogens with zero attached hydrogens (tertiary/aromatic N) is 2. The Hall–Kier alpha value is -4.46. The average molecular weight is 472 g/mol. The zero-order valence-corrected chi connectivity index (χ0v) is 19.1. The molecule has 1 atom stereocenters. The molecule has 0 aromatic heterocycles. The number of benzene rings is 3. The van der Waals surface area contributed by atoms with Crippen molar-refractivity contribution in [3.8, 4) is 5.75 Å². The van der Waals surface area contributed by atoms with Gasteiger partial charge in [0.25, 0.3) is 17.4 Å². The summed E-state index contributed by atoms with van der Waals surface area (Å²) in [4.78, 5) is 38.5. The molecule has 1 N–H and O–H groups in total. The first-order valence-corrected chi connectivity index (χ1v) is 11.2. The van der Waals surface area contributed by atoms with Crippen LogP contribution in [0.4, 0.5) is 5.69 Å². The van der Waals surface area contributed by atoms with Gasteiger partial charge in [-0.15, -0.1) is 0 Å². The zero-order valence-electron chi connectivity index (χ0n) is 19.1. The van der Waals surface area contributed by atoms with Gasteiger partial charge in [0, 0.05) is 24.2 Å². The van der Waals surface area contributed by atoms with E-state index in [0.717, 1.165) is 5.56 Å². The van der Waals surface area contributed by atoms with Crippen LogP contribution >= 0.6 is 0 Å². The molecule has 1 amide bonds. The number of nitro benzene ring substituents is 1. The number of ether oxygens (including phenoxy) is 1. The van der Waals surface area contributed by atoms with Crippen molar-refractivity contribution >= 4 is 23.1 Å². The van der Waals surface area contributed by atoms with Crippen molar-refractivity contribution < 1.29 is 24.4 Å². The number of hydrogen-bond donors (Lipinski definition) is 1. The van der Waals surface area contributed by atoms with Gasteiger partial charge in [0.05, 0.1) is 23.1 Å². The van der Waals surface area contributed by atoms with Crippen molar-refractivity contribution in [2.24, 2.45) is 0 Å². The molecule has 1 heterocycles. The molecule has 1 aliphatic rings. The van der Waals surface area contributed by atoms with Crippen molar-refractivity contribution in [3.63, 3.8) is 0 Å². The van der Waals surface area contributed by atoms with E-state index in [2.05, 4.69) is 0 Å². The molecule has 1 saturated heterocycles. The molecule has 8 nitrogen and oxygen atoms in total. The smallest absolute Gasteiger partial charge is 0.295 e. The van der Waals surface area contributed by atoms with Crippen molar-refractivity contribution in [2.75, 3.05) is 13.2 Å². The third-order valence-electron chi connectivity index (χ3n) is 5.84. The SMILES string of the molecule is CCOc1cccc(/C(O)=C2\C(=O)C(=O)N(CCc3ccccc3)C2c2cccc([N+](=O)[O-])c2)c1. The largest absolute Gasteiger partial charge is 0.507 e. The molecule has 1 unspecified atom stereocenters. The standard InChI is InChI=1S/C27H24N2O6/c1-2-35-22-13-7-11-20(17-22)25(30)23-24(19-10-6-12-21(16-19)29(33)34)28(27(32)26(23)31)15-14-18-8-4-3-5-9-18/h3-13,16-17,24,30H,2,14-15H2,1H3/b25-23+. The third kappa shape index (κ3) is 4.91. The lowest BCUT2D eigenvalue weighted by Crippen LogP contribution is -2.31. The first-order chi connectivity index (χ1) is 16.9. The second kappa shape index (κ2) is 10.2. The van der Waals surface area contributed by atoms with Crippen LogP contribution in [0.25, 0.3) is 5.76 Å². The molecular formula is C27H24N2O6. The van der Waals surface area contributed by atoms with Crippen LogP contribution in [0.1, 0.15) is 29.7 Å². The highest BCUT2D eigenvalue weighted by molar-refractivity contribution is 6.46. The van der Waals surface area contributed by atoms with Gasteiger partial charge in [-0.2, -0.15) is 0 Å². The molecule has 178 valence electrons. The van der Waals surface area contributed by atoms with Gasteiger partial charge in [-0.05, 0) is 36.6 Å². The number of aliphatic hydroxyl groups is 1. The van der Waals surface area contributed by atoms with Gasteiger partial charge in [0.2, 0.25) is 0 Å². The molecule has 0 bridgehead atoms. The van der Waals surface area contributed by atoms with Gasteiger partial charge in [0.15, 0.2) is 0 Å². The van der Waals surface area contributed by atoms with Gasteiger partial charge in [-0.1, -0.05) is 54.6 Å². The van der Waals surface area contributed by atoms with E-state index in [-0.39, 0.29) is 23.6 Å². The highest BCUT2D eigenvalue weighted by Crippen LogP contribution is 2.40. The molecule has 1 aliphatic heterocycles. The number of non-ortho nitro benzene ring substituents is 1.